The van der Waals surface area contributed by atoms with Crippen molar-refractivity contribution in [1.29, 1.82) is 0 Å². The predicted octanol–water partition coefficient (Wildman–Crippen LogP) is 12.0. The molecule has 0 aromatic heterocycles. The van der Waals surface area contributed by atoms with Crippen molar-refractivity contribution < 1.29 is 47.8 Å². The number of rotatable bonds is 43. The van der Waals surface area contributed by atoms with E-state index in [1.165, 1.54) is 141 Å². The summed E-state index contributed by atoms with van der Waals surface area (Å²) in [4.78, 5) is 35.0. The summed E-state index contributed by atoms with van der Waals surface area (Å²) in [6.07, 6.45) is 39.0. The maximum Gasteiger partial charge on any atom is 0.472 e. The molecule has 3 atom stereocenters. The number of allylic oxidation sites excluding steroid dienone is 2. The van der Waals surface area contributed by atoms with Gasteiger partial charge in [-0.15, -0.1) is 0 Å². The molecule has 0 aliphatic heterocycles. The Morgan fingerprint density at radius 3 is 1.31 bits per heavy atom. The molecular weight excluding hydrogens is 719 g/mol. The number of carbonyl (C=O) groups excluding carboxylic acids is 2. The van der Waals surface area contributed by atoms with Gasteiger partial charge in [0.1, 0.15) is 12.7 Å². The van der Waals surface area contributed by atoms with Crippen molar-refractivity contribution in [1.82, 2.24) is 0 Å². The maximum atomic E-state index is 12.6. The first-order chi connectivity index (χ1) is 26.7. The van der Waals surface area contributed by atoms with Crippen LogP contribution in [0.3, 0.4) is 0 Å². The lowest BCUT2D eigenvalue weighted by Crippen LogP contribution is -2.29. The highest BCUT2D eigenvalue weighted by Gasteiger charge is 2.27. The van der Waals surface area contributed by atoms with E-state index in [0.717, 1.165) is 38.5 Å². The summed E-state index contributed by atoms with van der Waals surface area (Å²) in [5.74, 6) is -0.916. The smallest absolute Gasteiger partial charge is 0.462 e. The molecule has 0 saturated heterocycles. The summed E-state index contributed by atoms with van der Waals surface area (Å²) in [5.41, 5.74) is 0. The van der Waals surface area contributed by atoms with Crippen LogP contribution in [0.1, 0.15) is 219 Å². The SMILES string of the molecule is CCCCCCCC/C=C/CCCCCCCCCCCCCC(=O)O[C@H](COC(=O)CCCCCCCCCCCCC)COP(=O)(O)OC[C@@H](O)CO. The average molecular weight is 805 g/mol. The van der Waals surface area contributed by atoms with Crippen molar-refractivity contribution in [2.45, 2.75) is 232 Å². The fourth-order valence-corrected chi connectivity index (χ4v) is 7.19. The number of aliphatic hydroxyl groups excluding tert-OH is 2. The van der Waals surface area contributed by atoms with Gasteiger partial charge in [0.25, 0.3) is 0 Å². The first kappa shape index (κ1) is 53.7. The highest BCUT2D eigenvalue weighted by atomic mass is 31.2. The van der Waals surface area contributed by atoms with E-state index in [4.69, 9.17) is 23.6 Å². The third kappa shape index (κ3) is 40.7. The van der Waals surface area contributed by atoms with E-state index < -0.39 is 51.8 Å². The van der Waals surface area contributed by atoms with Crippen molar-refractivity contribution in [3.63, 3.8) is 0 Å². The quantitative estimate of drug-likeness (QED) is 0.0235. The van der Waals surface area contributed by atoms with Gasteiger partial charge in [-0.2, -0.15) is 0 Å². The molecule has 3 N–H and O–H groups in total. The van der Waals surface area contributed by atoms with Crippen LogP contribution in [-0.4, -0.2) is 65.7 Å². The zero-order chi connectivity index (χ0) is 40.5. The standard InChI is InChI=1S/C44H85O10P/c1-3-5-7-9-11-13-15-16-17-18-19-20-21-22-23-24-26-28-30-32-34-36-44(48)54-42(40-53-55(49,50)52-38-41(46)37-45)39-51-43(47)35-33-31-29-27-25-14-12-10-8-6-4-2/h16-17,41-42,45-46H,3-15,18-40H2,1-2H3,(H,49,50)/b17-16+/t41-,42+/m0/s1. The molecule has 11 heteroatoms. The number of aliphatic hydroxyl groups is 2. The van der Waals surface area contributed by atoms with E-state index in [0.29, 0.717) is 12.8 Å². The van der Waals surface area contributed by atoms with Gasteiger partial charge in [-0.1, -0.05) is 180 Å². The Hall–Kier alpha value is -1.29. The molecule has 0 fully saturated rings. The van der Waals surface area contributed by atoms with E-state index in [1.54, 1.807) is 0 Å². The highest BCUT2D eigenvalue weighted by molar-refractivity contribution is 7.47. The van der Waals surface area contributed by atoms with Crippen LogP contribution in [0.25, 0.3) is 0 Å². The van der Waals surface area contributed by atoms with Gasteiger partial charge in [-0.05, 0) is 38.5 Å². The van der Waals surface area contributed by atoms with Crippen molar-refractivity contribution in [3.8, 4) is 0 Å². The number of esters is 2. The molecule has 0 saturated carbocycles. The van der Waals surface area contributed by atoms with Crippen LogP contribution in [0.15, 0.2) is 12.2 Å². The van der Waals surface area contributed by atoms with Crippen molar-refractivity contribution >= 4 is 19.8 Å². The monoisotopic (exact) mass is 805 g/mol. The van der Waals surface area contributed by atoms with Gasteiger partial charge in [0.15, 0.2) is 6.10 Å². The Kier molecular flexibility index (Phi) is 39.9. The van der Waals surface area contributed by atoms with Crippen LogP contribution in [0.4, 0.5) is 0 Å². The number of phosphoric acid groups is 1. The van der Waals surface area contributed by atoms with Crippen LogP contribution in [0.5, 0.6) is 0 Å². The van der Waals surface area contributed by atoms with Gasteiger partial charge in [0, 0.05) is 12.8 Å². The lowest BCUT2D eigenvalue weighted by molar-refractivity contribution is -0.161. The second-order valence-corrected chi connectivity index (χ2v) is 16.9. The number of carbonyl (C=O) groups is 2. The van der Waals surface area contributed by atoms with Gasteiger partial charge in [0.2, 0.25) is 0 Å². The normalized spacial score (nSPS) is 13.9. The zero-order valence-electron chi connectivity index (χ0n) is 35.4. The fraction of sp³-hybridized carbons (Fsp3) is 0.909. The van der Waals surface area contributed by atoms with Gasteiger partial charge in [-0.25, -0.2) is 4.57 Å². The second kappa shape index (κ2) is 40.9. The molecule has 0 aliphatic rings. The third-order valence-corrected chi connectivity index (χ3v) is 10.9. The van der Waals surface area contributed by atoms with Gasteiger partial charge >= 0.3 is 19.8 Å². The highest BCUT2D eigenvalue weighted by Crippen LogP contribution is 2.43. The molecular formula is C44H85O10P. The van der Waals surface area contributed by atoms with Crippen LogP contribution >= 0.6 is 7.82 Å². The molecule has 0 aliphatic carbocycles. The van der Waals surface area contributed by atoms with Crippen LogP contribution in [0, 0.1) is 0 Å². The summed E-state index contributed by atoms with van der Waals surface area (Å²) in [7, 11) is -4.61. The minimum Gasteiger partial charge on any atom is -0.462 e. The van der Waals surface area contributed by atoms with Crippen LogP contribution < -0.4 is 0 Å². The minimum atomic E-state index is -4.61. The number of unbranched alkanes of at least 4 members (excludes halogenated alkanes) is 27. The van der Waals surface area contributed by atoms with Crippen molar-refractivity contribution in [3.05, 3.63) is 12.2 Å². The summed E-state index contributed by atoms with van der Waals surface area (Å²) in [6, 6.07) is 0. The number of phosphoric ester groups is 1. The van der Waals surface area contributed by atoms with Gasteiger partial charge in [0.05, 0.1) is 19.8 Å². The summed E-state index contributed by atoms with van der Waals surface area (Å²) in [5, 5.41) is 18.3. The molecule has 0 amide bonds. The number of hydrogen-bond acceptors (Lipinski definition) is 9. The Morgan fingerprint density at radius 1 is 0.527 bits per heavy atom. The molecule has 0 aromatic rings. The van der Waals surface area contributed by atoms with E-state index in [-0.39, 0.29) is 19.4 Å². The first-order valence-corrected chi connectivity index (χ1v) is 24.1. The second-order valence-electron chi connectivity index (χ2n) is 15.4. The van der Waals surface area contributed by atoms with Crippen molar-refractivity contribution in [2.75, 3.05) is 26.4 Å². The third-order valence-electron chi connectivity index (χ3n) is 9.92. The minimum absolute atomic E-state index is 0.188. The molecule has 0 heterocycles. The molecule has 0 radical (unpaired) electrons. The largest absolute Gasteiger partial charge is 0.472 e. The maximum absolute atomic E-state index is 12.6. The lowest BCUT2D eigenvalue weighted by atomic mass is 10.0. The topological polar surface area (TPSA) is 149 Å². The van der Waals surface area contributed by atoms with E-state index in [1.807, 2.05) is 0 Å². The lowest BCUT2D eigenvalue weighted by Gasteiger charge is -2.20. The summed E-state index contributed by atoms with van der Waals surface area (Å²) < 4.78 is 32.7. The van der Waals surface area contributed by atoms with Crippen molar-refractivity contribution in [2.24, 2.45) is 0 Å². The van der Waals surface area contributed by atoms with E-state index in [9.17, 15) is 24.2 Å². The van der Waals surface area contributed by atoms with E-state index in [2.05, 4.69) is 26.0 Å². The average Bonchev–Trinajstić information content (AvgIpc) is 3.17. The molecule has 0 aromatic carbocycles. The Bertz CT molecular complexity index is 930. The molecule has 10 nitrogen and oxygen atoms in total. The fourth-order valence-electron chi connectivity index (χ4n) is 6.40. The summed E-state index contributed by atoms with van der Waals surface area (Å²) in [6.45, 7) is 2.39. The molecule has 326 valence electrons. The Morgan fingerprint density at radius 2 is 0.891 bits per heavy atom. The van der Waals surface area contributed by atoms with E-state index >= 15 is 0 Å². The van der Waals surface area contributed by atoms with Crippen LogP contribution in [0.2, 0.25) is 0 Å². The van der Waals surface area contributed by atoms with Crippen LogP contribution in [-0.2, 0) is 32.7 Å². The number of ether oxygens (including phenoxy) is 2. The molecule has 0 bridgehead atoms. The van der Waals surface area contributed by atoms with Gasteiger partial charge < -0.3 is 24.6 Å². The predicted molar refractivity (Wildman–Crippen MR) is 224 cm³/mol. The molecule has 55 heavy (non-hydrogen) atoms. The molecule has 0 rings (SSSR count). The molecule has 0 spiro atoms. The number of hydrogen-bond donors (Lipinski definition) is 3. The summed E-state index contributed by atoms with van der Waals surface area (Å²) >= 11 is 0. The Balaban J connectivity index is 4.17. The zero-order valence-corrected chi connectivity index (χ0v) is 36.3. The molecule has 1 unspecified atom stereocenters. The van der Waals surface area contributed by atoms with Gasteiger partial charge in [-0.3, -0.25) is 18.6 Å². The first-order valence-electron chi connectivity index (χ1n) is 22.6. The Labute approximate surface area is 336 Å².